The molecule has 0 aromatic carbocycles. The summed E-state index contributed by atoms with van der Waals surface area (Å²) in [5, 5.41) is 3.43. The fraction of sp³-hybridized carbons (Fsp3) is 0.750. The minimum Gasteiger partial charge on any atom is -0.370 e. The first kappa shape index (κ1) is 15.1. The monoisotopic (exact) mass is 276 g/mol. The lowest BCUT2D eigenvalue weighted by atomic mass is 9.95. The van der Waals surface area contributed by atoms with Gasteiger partial charge in [0.15, 0.2) is 0 Å². The van der Waals surface area contributed by atoms with Crippen molar-refractivity contribution in [1.29, 1.82) is 0 Å². The third-order valence-electron chi connectivity index (χ3n) is 4.17. The third kappa shape index (κ3) is 3.41. The van der Waals surface area contributed by atoms with Crippen LogP contribution in [0.15, 0.2) is 0 Å². The van der Waals surface area contributed by atoms with E-state index in [-0.39, 0.29) is 0 Å². The summed E-state index contributed by atoms with van der Waals surface area (Å²) in [6.45, 7) is 11.8. The zero-order chi connectivity index (χ0) is 14.5. The quantitative estimate of drug-likeness (QED) is 0.893. The van der Waals surface area contributed by atoms with Gasteiger partial charge in [0, 0.05) is 25.2 Å². The SMILES string of the molecule is CCCNc1nc(C)nc(N2CCCC(CC)C2)c1C. The van der Waals surface area contributed by atoms with Gasteiger partial charge in [-0.3, -0.25) is 0 Å². The molecule has 1 unspecified atom stereocenters. The van der Waals surface area contributed by atoms with Gasteiger partial charge in [0.1, 0.15) is 17.5 Å². The lowest BCUT2D eigenvalue weighted by molar-refractivity contribution is 0.402. The van der Waals surface area contributed by atoms with Crippen LogP contribution in [0.2, 0.25) is 0 Å². The molecule has 4 nitrogen and oxygen atoms in total. The molecular weight excluding hydrogens is 248 g/mol. The second-order valence-corrected chi connectivity index (χ2v) is 5.86. The maximum atomic E-state index is 4.71. The molecule has 0 radical (unpaired) electrons. The minimum atomic E-state index is 0.811. The number of aromatic nitrogens is 2. The highest BCUT2D eigenvalue weighted by Crippen LogP contribution is 2.28. The van der Waals surface area contributed by atoms with E-state index in [0.717, 1.165) is 49.4 Å². The van der Waals surface area contributed by atoms with Crippen LogP contribution in [0.5, 0.6) is 0 Å². The van der Waals surface area contributed by atoms with Gasteiger partial charge in [-0.1, -0.05) is 20.3 Å². The lowest BCUT2D eigenvalue weighted by Gasteiger charge is -2.34. The Morgan fingerprint density at radius 2 is 2.05 bits per heavy atom. The van der Waals surface area contributed by atoms with Crippen LogP contribution in [0, 0.1) is 19.8 Å². The zero-order valence-electron chi connectivity index (χ0n) is 13.4. The zero-order valence-corrected chi connectivity index (χ0v) is 13.4. The fourth-order valence-corrected chi connectivity index (χ4v) is 2.93. The highest BCUT2D eigenvalue weighted by molar-refractivity contribution is 5.58. The van der Waals surface area contributed by atoms with Crippen molar-refractivity contribution in [2.24, 2.45) is 5.92 Å². The normalized spacial score (nSPS) is 19.2. The largest absolute Gasteiger partial charge is 0.370 e. The second-order valence-electron chi connectivity index (χ2n) is 5.86. The van der Waals surface area contributed by atoms with Crippen LogP contribution in [0.25, 0.3) is 0 Å². The third-order valence-corrected chi connectivity index (χ3v) is 4.17. The summed E-state index contributed by atoms with van der Waals surface area (Å²) < 4.78 is 0. The van der Waals surface area contributed by atoms with Gasteiger partial charge in [0.25, 0.3) is 0 Å². The van der Waals surface area contributed by atoms with Gasteiger partial charge in [-0.15, -0.1) is 0 Å². The predicted molar refractivity (Wildman–Crippen MR) is 85.5 cm³/mol. The van der Waals surface area contributed by atoms with Crippen molar-refractivity contribution in [3.8, 4) is 0 Å². The Morgan fingerprint density at radius 1 is 1.25 bits per heavy atom. The number of hydrogen-bond donors (Lipinski definition) is 1. The fourth-order valence-electron chi connectivity index (χ4n) is 2.93. The van der Waals surface area contributed by atoms with Crippen molar-refractivity contribution < 1.29 is 0 Å². The van der Waals surface area contributed by atoms with E-state index >= 15 is 0 Å². The van der Waals surface area contributed by atoms with Crippen LogP contribution in [0.4, 0.5) is 11.6 Å². The van der Waals surface area contributed by atoms with Crippen LogP contribution >= 0.6 is 0 Å². The van der Waals surface area contributed by atoms with Crippen LogP contribution < -0.4 is 10.2 Å². The predicted octanol–water partition coefficient (Wildman–Crippen LogP) is 3.54. The summed E-state index contributed by atoms with van der Waals surface area (Å²) in [5.74, 6) is 3.82. The van der Waals surface area contributed by atoms with Gasteiger partial charge >= 0.3 is 0 Å². The molecule has 0 spiro atoms. The summed E-state index contributed by atoms with van der Waals surface area (Å²) >= 11 is 0. The standard InChI is InChI=1S/C16H28N4/c1-5-9-17-15-12(3)16(19-13(4)18-15)20-10-7-8-14(6-2)11-20/h14H,5-11H2,1-4H3,(H,17,18,19). The average Bonchev–Trinajstić information content (AvgIpc) is 2.47. The number of hydrogen-bond acceptors (Lipinski definition) is 4. The van der Waals surface area contributed by atoms with E-state index in [4.69, 9.17) is 4.98 Å². The van der Waals surface area contributed by atoms with Gasteiger partial charge in [-0.05, 0) is 39.0 Å². The molecule has 1 atom stereocenters. The topological polar surface area (TPSA) is 41.1 Å². The van der Waals surface area contributed by atoms with Crippen molar-refractivity contribution in [3.05, 3.63) is 11.4 Å². The molecule has 20 heavy (non-hydrogen) atoms. The van der Waals surface area contributed by atoms with Gasteiger partial charge in [0.2, 0.25) is 0 Å². The molecule has 1 aromatic heterocycles. The maximum absolute atomic E-state index is 4.71. The molecule has 1 fully saturated rings. The first-order valence-electron chi connectivity index (χ1n) is 7.99. The number of aryl methyl sites for hydroxylation is 1. The van der Waals surface area contributed by atoms with E-state index in [1.807, 2.05) is 6.92 Å². The molecule has 112 valence electrons. The van der Waals surface area contributed by atoms with Crippen LogP contribution in [0.1, 0.15) is 50.9 Å². The van der Waals surface area contributed by atoms with E-state index in [0.29, 0.717) is 0 Å². The first-order valence-corrected chi connectivity index (χ1v) is 7.99. The molecular formula is C16H28N4. The van der Waals surface area contributed by atoms with E-state index in [1.165, 1.54) is 24.8 Å². The van der Waals surface area contributed by atoms with Gasteiger partial charge in [-0.2, -0.15) is 0 Å². The van der Waals surface area contributed by atoms with Crippen molar-refractivity contribution in [1.82, 2.24) is 9.97 Å². The van der Waals surface area contributed by atoms with Crippen molar-refractivity contribution in [2.45, 2.75) is 53.4 Å². The molecule has 4 heteroatoms. The molecule has 0 bridgehead atoms. The van der Waals surface area contributed by atoms with Gasteiger partial charge in [-0.25, -0.2) is 9.97 Å². The molecule has 1 aromatic rings. The maximum Gasteiger partial charge on any atom is 0.137 e. The Kier molecular flexibility index (Phi) is 5.21. The number of nitrogens with zero attached hydrogens (tertiary/aromatic N) is 3. The molecule has 0 saturated carbocycles. The average molecular weight is 276 g/mol. The molecule has 1 N–H and O–H groups in total. The van der Waals surface area contributed by atoms with E-state index < -0.39 is 0 Å². The summed E-state index contributed by atoms with van der Waals surface area (Å²) in [7, 11) is 0. The first-order chi connectivity index (χ1) is 9.65. The summed E-state index contributed by atoms with van der Waals surface area (Å²) in [4.78, 5) is 11.7. The number of anilines is 2. The Labute approximate surface area is 123 Å². The van der Waals surface area contributed by atoms with Crippen molar-refractivity contribution in [2.75, 3.05) is 29.9 Å². The summed E-state index contributed by atoms with van der Waals surface area (Å²) in [6, 6.07) is 0. The van der Waals surface area contributed by atoms with Crippen molar-refractivity contribution in [3.63, 3.8) is 0 Å². The highest BCUT2D eigenvalue weighted by atomic mass is 15.2. The van der Waals surface area contributed by atoms with Crippen LogP contribution in [-0.2, 0) is 0 Å². The lowest BCUT2D eigenvalue weighted by Crippen LogP contribution is -2.36. The molecule has 1 saturated heterocycles. The molecule has 2 rings (SSSR count). The molecule has 1 aliphatic rings. The molecule has 1 aliphatic heterocycles. The molecule has 2 heterocycles. The minimum absolute atomic E-state index is 0.811. The van der Waals surface area contributed by atoms with Crippen LogP contribution in [-0.4, -0.2) is 29.6 Å². The number of nitrogens with one attached hydrogen (secondary N) is 1. The second kappa shape index (κ2) is 6.91. The van der Waals surface area contributed by atoms with Gasteiger partial charge in [0.05, 0.1) is 0 Å². The summed E-state index contributed by atoms with van der Waals surface area (Å²) in [6.07, 6.45) is 5.01. The highest BCUT2D eigenvalue weighted by Gasteiger charge is 2.22. The summed E-state index contributed by atoms with van der Waals surface area (Å²) in [5.41, 5.74) is 1.20. The number of piperidine rings is 1. The Morgan fingerprint density at radius 3 is 2.75 bits per heavy atom. The molecule has 0 amide bonds. The van der Waals surface area contributed by atoms with Crippen LogP contribution in [0.3, 0.4) is 0 Å². The van der Waals surface area contributed by atoms with Crippen molar-refractivity contribution >= 4 is 11.6 Å². The Hall–Kier alpha value is -1.32. The number of rotatable bonds is 5. The smallest absolute Gasteiger partial charge is 0.137 e. The molecule has 0 aliphatic carbocycles. The van der Waals surface area contributed by atoms with E-state index in [9.17, 15) is 0 Å². The van der Waals surface area contributed by atoms with E-state index in [2.05, 4.69) is 36.0 Å². The van der Waals surface area contributed by atoms with E-state index in [1.54, 1.807) is 0 Å². The Bertz CT molecular complexity index is 444. The Balaban J connectivity index is 2.23. The van der Waals surface area contributed by atoms with Gasteiger partial charge < -0.3 is 10.2 Å².